The fourth-order valence-electron chi connectivity index (χ4n) is 2.02. The molecule has 1 amide bonds. The van der Waals surface area contributed by atoms with Gasteiger partial charge in [-0.2, -0.15) is 0 Å². The van der Waals surface area contributed by atoms with Crippen LogP contribution in [0.3, 0.4) is 0 Å². The number of nitrogens with one attached hydrogen (secondary N) is 2. The number of halogens is 1. The molecule has 0 spiro atoms. The van der Waals surface area contributed by atoms with Crippen LogP contribution in [0.5, 0.6) is 0 Å². The number of benzene rings is 2. The highest BCUT2D eigenvalue weighted by Gasteiger charge is 2.05. The molecule has 0 aromatic heterocycles. The average molecular weight is 286 g/mol. The van der Waals surface area contributed by atoms with E-state index >= 15 is 0 Å². The highest BCUT2D eigenvalue weighted by Crippen LogP contribution is 2.20. The predicted molar refractivity (Wildman–Crippen MR) is 83.9 cm³/mol. The first-order chi connectivity index (χ1) is 10.1. The SMILES string of the molecule is CCc1ccc(CNc2ccc(F)c(NC(C)=O)c2)cc1. The van der Waals surface area contributed by atoms with Crippen LogP contribution in [0.15, 0.2) is 42.5 Å². The van der Waals surface area contributed by atoms with Crippen LogP contribution >= 0.6 is 0 Å². The number of amides is 1. The number of rotatable bonds is 5. The van der Waals surface area contributed by atoms with Crippen LogP contribution in [0, 0.1) is 5.82 Å². The molecule has 2 aromatic rings. The zero-order valence-corrected chi connectivity index (χ0v) is 12.2. The molecule has 0 aliphatic heterocycles. The molecule has 0 bridgehead atoms. The van der Waals surface area contributed by atoms with Crippen molar-refractivity contribution >= 4 is 17.3 Å². The molecule has 2 aromatic carbocycles. The summed E-state index contributed by atoms with van der Waals surface area (Å²) in [7, 11) is 0. The normalized spacial score (nSPS) is 10.2. The van der Waals surface area contributed by atoms with Crippen molar-refractivity contribution in [2.24, 2.45) is 0 Å². The summed E-state index contributed by atoms with van der Waals surface area (Å²) in [5.74, 6) is -0.732. The van der Waals surface area contributed by atoms with Crippen molar-refractivity contribution in [1.82, 2.24) is 0 Å². The summed E-state index contributed by atoms with van der Waals surface area (Å²) in [5.41, 5.74) is 3.40. The molecule has 4 heteroatoms. The smallest absolute Gasteiger partial charge is 0.221 e. The highest BCUT2D eigenvalue weighted by molar-refractivity contribution is 5.89. The molecule has 0 aliphatic rings. The van der Waals surface area contributed by atoms with Crippen molar-refractivity contribution in [2.45, 2.75) is 26.8 Å². The quantitative estimate of drug-likeness (QED) is 0.873. The maximum absolute atomic E-state index is 13.5. The van der Waals surface area contributed by atoms with E-state index in [9.17, 15) is 9.18 Å². The van der Waals surface area contributed by atoms with Crippen molar-refractivity contribution in [3.8, 4) is 0 Å². The Balaban J connectivity index is 2.03. The lowest BCUT2D eigenvalue weighted by Crippen LogP contribution is -2.08. The summed E-state index contributed by atoms with van der Waals surface area (Å²) in [4.78, 5) is 11.0. The van der Waals surface area contributed by atoms with E-state index in [2.05, 4.69) is 41.8 Å². The molecule has 0 heterocycles. The third kappa shape index (κ3) is 4.31. The third-order valence-electron chi connectivity index (χ3n) is 3.20. The Kier molecular flexibility index (Phi) is 4.93. The fraction of sp³-hybridized carbons (Fsp3) is 0.235. The van der Waals surface area contributed by atoms with E-state index in [1.807, 2.05) is 0 Å². The molecule has 0 fully saturated rings. The van der Waals surface area contributed by atoms with Crippen LogP contribution in [0.4, 0.5) is 15.8 Å². The molecule has 0 saturated carbocycles. The van der Waals surface area contributed by atoms with E-state index < -0.39 is 5.82 Å². The molecular weight excluding hydrogens is 267 g/mol. The van der Waals surface area contributed by atoms with Crippen molar-refractivity contribution in [1.29, 1.82) is 0 Å². The van der Waals surface area contributed by atoms with Crippen LogP contribution in [0.25, 0.3) is 0 Å². The van der Waals surface area contributed by atoms with E-state index in [0.717, 1.165) is 17.7 Å². The molecular formula is C17H19FN2O. The van der Waals surface area contributed by atoms with Gasteiger partial charge in [0.15, 0.2) is 0 Å². The van der Waals surface area contributed by atoms with Gasteiger partial charge in [-0.25, -0.2) is 4.39 Å². The van der Waals surface area contributed by atoms with Gasteiger partial charge in [0.1, 0.15) is 5.82 Å². The van der Waals surface area contributed by atoms with E-state index in [1.54, 1.807) is 12.1 Å². The van der Waals surface area contributed by atoms with Crippen molar-refractivity contribution in [3.05, 3.63) is 59.4 Å². The zero-order valence-electron chi connectivity index (χ0n) is 12.2. The highest BCUT2D eigenvalue weighted by atomic mass is 19.1. The number of carbonyl (C=O) groups excluding carboxylic acids is 1. The Morgan fingerprint density at radius 1 is 1.10 bits per heavy atom. The molecule has 2 N–H and O–H groups in total. The molecule has 0 aliphatic carbocycles. The summed E-state index contributed by atoms with van der Waals surface area (Å²) in [6.07, 6.45) is 1.02. The van der Waals surface area contributed by atoms with Gasteiger partial charge in [-0.05, 0) is 35.7 Å². The van der Waals surface area contributed by atoms with Gasteiger partial charge in [-0.1, -0.05) is 31.2 Å². The minimum absolute atomic E-state index is 0.189. The summed E-state index contributed by atoms with van der Waals surface area (Å²) in [5, 5.41) is 5.69. The second-order valence-corrected chi connectivity index (χ2v) is 4.90. The molecule has 0 saturated heterocycles. The van der Waals surface area contributed by atoms with Gasteiger partial charge < -0.3 is 10.6 Å². The third-order valence-corrected chi connectivity index (χ3v) is 3.20. The molecule has 2 rings (SSSR count). The number of hydrogen-bond acceptors (Lipinski definition) is 2. The van der Waals surface area contributed by atoms with Gasteiger partial charge in [0, 0.05) is 19.2 Å². The van der Waals surface area contributed by atoms with Crippen molar-refractivity contribution in [2.75, 3.05) is 10.6 Å². The number of aryl methyl sites for hydroxylation is 1. The fourth-order valence-corrected chi connectivity index (χ4v) is 2.02. The van der Waals surface area contributed by atoms with Gasteiger partial charge in [0.2, 0.25) is 5.91 Å². The average Bonchev–Trinajstić information content (AvgIpc) is 2.48. The largest absolute Gasteiger partial charge is 0.381 e. The first-order valence-electron chi connectivity index (χ1n) is 6.97. The number of anilines is 2. The summed E-state index contributed by atoms with van der Waals surface area (Å²) in [6.45, 7) is 4.12. The predicted octanol–water partition coefficient (Wildman–Crippen LogP) is 3.96. The first-order valence-corrected chi connectivity index (χ1v) is 6.97. The van der Waals surface area contributed by atoms with E-state index in [1.165, 1.54) is 18.6 Å². The van der Waals surface area contributed by atoms with Crippen molar-refractivity contribution < 1.29 is 9.18 Å². The van der Waals surface area contributed by atoms with Crippen LogP contribution in [0.1, 0.15) is 25.0 Å². The lowest BCUT2D eigenvalue weighted by molar-refractivity contribution is -0.114. The maximum atomic E-state index is 13.5. The monoisotopic (exact) mass is 286 g/mol. The molecule has 0 radical (unpaired) electrons. The number of hydrogen-bond donors (Lipinski definition) is 2. The van der Waals surface area contributed by atoms with E-state index in [0.29, 0.717) is 6.54 Å². The minimum atomic E-state index is -0.442. The maximum Gasteiger partial charge on any atom is 0.221 e. The Morgan fingerprint density at radius 2 is 1.76 bits per heavy atom. The summed E-state index contributed by atoms with van der Waals surface area (Å²) < 4.78 is 13.5. The lowest BCUT2D eigenvalue weighted by atomic mass is 10.1. The number of carbonyl (C=O) groups is 1. The van der Waals surface area contributed by atoms with Gasteiger partial charge >= 0.3 is 0 Å². The minimum Gasteiger partial charge on any atom is -0.381 e. The lowest BCUT2D eigenvalue weighted by Gasteiger charge is -2.10. The molecule has 0 unspecified atom stereocenters. The Hall–Kier alpha value is -2.36. The van der Waals surface area contributed by atoms with Crippen LogP contribution in [-0.2, 0) is 17.8 Å². The van der Waals surface area contributed by atoms with E-state index in [4.69, 9.17) is 0 Å². The van der Waals surface area contributed by atoms with E-state index in [-0.39, 0.29) is 11.6 Å². The zero-order chi connectivity index (χ0) is 15.2. The first kappa shape index (κ1) is 15.0. The van der Waals surface area contributed by atoms with Gasteiger partial charge in [0.25, 0.3) is 0 Å². The molecule has 21 heavy (non-hydrogen) atoms. The second kappa shape index (κ2) is 6.88. The van der Waals surface area contributed by atoms with Gasteiger partial charge in [0.05, 0.1) is 5.69 Å². The molecule has 3 nitrogen and oxygen atoms in total. The van der Waals surface area contributed by atoms with Gasteiger partial charge in [-0.3, -0.25) is 4.79 Å². The van der Waals surface area contributed by atoms with Crippen LogP contribution in [0.2, 0.25) is 0 Å². The Labute approximate surface area is 124 Å². The van der Waals surface area contributed by atoms with Crippen molar-refractivity contribution in [3.63, 3.8) is 0 Å². The second-order valence-electron chi connectivity index (χ2n) is 4.90. The summed E-state index contributed by atoms with van der Waals surface area (Å²) in [6, 6.07) is 12.9. The topological polar surface area (TPSA) is 41.1 Å². The molecule has 0 atom stereocenters. The van der Waals surface area contributed by atoms with Crippen LogP contribution in [-0.4, -0.2) is 5.91 Å². The standard InChI is InChI=1S/C17H19FN2O/c1-3-13-4-6-14(7-5-13)11-19-15-8-9-16(18)17(10-15)20-12(2)21/h4-10,19H,3,11H2,1-2H3,(H,20,21). The summed E-state index contributed by atoms with van der Waals surface area (Å²) >= 11 is 0. The Bertz CT molecular complexity index is 623. The van der Waals surface area contributed by atoms with Gasteiger partial charge in [-0.15, -0.1) is 0 Å². The van der Waals surface area contributed by atoms with Crippen LogP contribution < -0.4 is 10.6 Å². The molecule has 110 valence electrons. The Morgan fingerprint density at radius 3 is 2.38 bits per heavy atom.